The molecule has 0 bridgehead atoms. The molecule has 2 aromatic rings. The number of likely N-dealkylation sites (tertiary alicyclic amines) is 1. The molecule has 0 N–H and O–H groups in total. The van der Waals surface area contributed by atoms with Gasteiger partial charge in [-0.25, -0.2) is 0 Å². The number of furan rings is 1. The molecule has 6 heteroatoms. The third-order valence-electron chi connectivity index (χ3n) is 3.94. The van der Waals surface area contributed by atoms with Crippen LogP contribution >= 0.6 is 0 Å². The minimum atomic E-state index is -0.453. The van der Waals surface area contributed by atoms with Crippen molar-refractivity contribution < 1.29 is 18.7 Å². The molecule has 0 radical (unpaired) electrons. The highest BCUT2D eigenvalue weighted by molar-refractivity contribution is 5.86. The first-order valence-corrected chi connectivity index (χ1v) is 7.61. The molecule has 0 aliphatic carbocycles. The Bertz CT molecular complexity index is 759. The van der Waals surface area contributed by atoms with Crippen LogP contribution in [-0.2, 0) is 27.5 Å². The molecule has 1 aromatic carbocycles. The fourth-order valence-corrected chi connectivity index (χ4v) is 2.62. The van der Waals surface area contributed by atoms with Crippen LogP contribution in [0, 0.1) is 17.2 Å². The molecule has 3 rings (SSSR count). The number of rotatable bonds is 5. The molecular formula is C18H16N2O4. The largest absolute Gasteiger partial charge is 0.467 e. The highest BCUT2D eigenvalue weighted by atomic mass is 16.5. The van der Waals surface area contributed by atoms with Crippen molar-refractivity contribution in [2.24, 2.45) is 5.92 Å². The Morgan fingerprint density at radius 1 is 1.33 bits per heavy atom. The van der Waals surface area contributed by atoms with Gasteiger partial charge >= 0.3 is 5.97 Å². The quantitative estimate of drug-likeness (QED) is 0.788. The summed E-state index contributed by atoms with van der Waals surface area (Å²) in [6, 6.07) is 12.4. The molecule has 0 saturated carbocycles. The van der Waals surface area contributed by atoms with Crippen molar-refractivity contribution in [1.82, 2.24) is 4.90 Å². The normalized spacial score (nSPS) is 16.9. The lowest BCUT2D eigenvalue weighted by Gasteiger charge is -2.14. The molecular weight excluding hydrogens is 308 g/mol. The van der Waals surface area contributed by atoms with Crippen LogP contribution in [0.4, 0.5) is 0 Å². The second-order valence-electron chi connectivity index (χ2n) is 5.67. The van der Waals surface area contributed by atoms with Crippen LogP contribution in [0.1, 0.15) is 23.3 Å². The second-order valence-corrected chi connectivity index (χ2v) is 5.67. The van der Waals surface area contributed by atoms with Gasteiger partial charge in [0.25, 0.3) is 0 Å². The van der Waals surface area contributed by atoms with E-state index in [0.29, 0.717) is 24.4 Å². The van der Waals surface area contributed by atoms with Crippen LogP contribution in [0.3, 0.4) is 0 Å². The van der Waals surface area contributed by atoms with Gasteiger partial charge in [0.05, 0.1) is 30.4 Å². The number of nitrogens with zero attached hydrogens (tertiary/aromatic N) is 2. The van der Waals surface area contributed by atoms with Gasteiger partial charge in [-0.15, -0.1) is 0 Å². The minimum Gasteiger partial charge on any atom is -0.467 e. The van der Waals surface area contributed by atoms with E-state index in [2.05, 4.69) is 0 Å². The summed E-state index contributed by atoms with van der Waals surface area (Å²) in [4.78, 5) is 25.8. The van der Waals surface area contributed by atoms with Crippen LogP contribution in [0.2, 0.25) is 0 Å². The van der Waals surface area contributed by atoms with E-state index in [9.17, 15) is 9.59 Å². The maximum absolute atomic E-state index is 12.2. The number of ether oxygens (including phenoxy) is 1. The minimum absolute atomic E-state index is 0.0771. The number of carbonyl (C=O) groups is 2. The van der Waals surface area contributed by atoms with Crippen LogP contribution in [0.5, 0.6) is 0 Å². The lowest BCUT2D eigenvalue weighted by molar-refractivity contribution is -0.149. The highest BCUT2D eigenvalue weighted by Crippen LogP contribution is 2.22. The molecule has 1 saturated heterocycles. The summed E-state index contributed by atoms with van der Waals surface area (Å²) in [6.45, 7) is 0.838. The third kappa shape index (κ3) is 3.63. The summed E-state index contributed by atoms with van der Waals surface area (Å²) in [7, 11) is 0. The number of carbonyl (C=O) groups excluding carboxylic acids is 2. The molecule has 1 aliphatic heterocycles. The Kier molecular flexibility index (Phi) is 4.62. The molecule has 2 heterocycles. The standard InChI is InChI=1S/C18H16N2O4/c19-9-13-3-5-14(6-4-13)12-24-18(22)15-8-17(21)20(10-15)11-16-2-1-7-23-16/h1-7,15H,8,10-12H2/t15-/m1/s1. The summed E-state index contributed by atoms with van der Waals surface area (Å²) >= 11 is 0. The molecule has 6 nitrogen and oxygen atoms in total. The van der Waals surface area contributed by atoms with E-state index < -0.39 is 5.92 Å². The van der Waals surface area contributed by atoms with Gasteiger partial charge in [0.1, 0.15) is 12.4 Å². The van der Waals surface area contributed by atoms with Crippen molar-refractivity contribution in [3.63, 3.8) is 0 Å². The molecule has 0 unspecified atom stereocenters. The fourth-order valence-electron chi connectivity index (χ4n) is 2.62. The van der Waals surface area contributed by atoms with E-state index >= 15 is 0 Å². The predicted molar refractivity (Wildman–Crippen MR) is 83.2 cm³/mol. The summed E-state index contributed by atoms with van der Waals surface area (Å²) in [6.07, 6.45) is 1.71. The molecule has 0 spiro atoms. The Hall–Kier alpha value is -3.07. The summed E-state index contributed by atoms with van der Waals surface area (Å²) in [5.74, 6) is -0.220. The maximum atomic E-state index is 12.2. The van der Waals surface area contributed by atoms with Gasteiger partial charge < -0.3 is 14.1 Å². The fraction of sp³-hybridized carbons (Fsp3) is 0.278. The topological polar surface area (TPSA) is 83.5 Å². The monoisotopic (exact) mass is 324 g/mol. The molecule has 1 aromatic heterocycles. The molecule has 1 aliphatic rings. The van der Waals surface area contributed by atoms with E-state index in [-0.39, 0.29) is 24.9 Å². The van der Waals surface area contributed by atoms with Gasteiger partial charge in [-0.05, 0) is 29.8 Å². The van der Waals surface area contributed by atoms with Crippen molar-refractivity contribution in [3.05, 3.63) is 59.5 Å². The van der Waals surface area contributed by atoms with Gasteiger partial charge in [-0.1, -0.05) is 12.1 Å². The molecule has 1 atom stereocenters. The Morgan fingerprint density at radius 2 is 2.12 bits per heavy atom. The number of hydrogen-bond acceptors (Lipinski definition) is 5. The van der Waals surface area contributed by atoms with Crippen molar-refractivity contribution in [3.8, 4) is 6.07 Å². The first-order chi connectivity index (χ1) is 11.7. The van der Waals surface area contributed by atoms with Gasteiger partial charge in [0.2, 0.25) is 5.91 Å². The summed E-state index contributed by atoms with van der Waals surface area (Å²) < 4.78 is 10.5. The maximum Gasteiger partial charge on any atom is 0.311 e. The zero-order chi connectivity index (χ0) is 16.9. The third-order valence-corrected chi connectivity index (χ3v) is 3.94. The number of amides is 1. The molecule has 122 valence electrons. The summed E-state index contributed by atoms with van der Waals surface area (Å²) in [5, 5.41) is 8.75. The van der Waals surface area contributed by atoms with Crippen molar-refractivity contribution >= 4 is 11.9 Å². The van der Waals surface area contributed by atoms with Gasteiger partial charge in [-0.3, -0.25) is 9.59 Å². The predicted octanol–water partition coefficient (Wildman–Crippen LogP) is 2.24. The number of esters is 1. The van der Waals surface area contributed by atoms with E-state index in [1.54, 1.807) is 47.6 Å². The van der Waals surface area contributed by atoms with Crippen molar-refractivity contribution in [2.45, 2.75) is 19.6 Å². The van der Waals surface area contributed by atoms with Gasteiger partial charge in [-0.2, -0.15) is 5.26 Å². The van der Waals surface area contributed by atoms with Gasteiger partial charge in [0, 0.05) is 13.0 Å². The van der Waals surface area contributed by atoms with E-state index in [0.717, 1.165) is 5.56 Å². The SMILES string of the molecule is N#Cc1ccc(COC(=O)[C@@H]2CC(=O)N(Cc3ccco3)C2)cc1. The first-order valence-electron chi connectivity index (χ1n) is 7.61. The average Bonchev–Trinajstić information content (AvgIpc) is 3.24. The Balaban J connectivity index is 1.52. The zero-order valence-electron chi connectivity index (χ0n) is 13.0. The smallest absolute Gasteiger partial charge is 0.311 e. The number of benzene rings is 1. The van der Waals surface area contributed by atoms with Crippen LogP contribution < -0.4 is 0 Å². The van der Waals surface area contributed by atoms with Crippen LogP contribution in [0.15, 0.2) is 47.1 Å². The van der Waals surface area contributed by atoms with E-state index in [4.69, 9.17) is 14.4 Å². The molecule has 24 heavy (non-hydrogen) atoms. The number of nitriles is 1. The van der Waals surface area contributed by atoms with Crippen LogP contribution in [-0.4, -0.2) is 23.3 Å². The highest BCUT2D eigenvalue weighted by Gasteiger charge is 2.35. The molecule has 1 amide bonds. The Labute approximate surface area is 139 Å². The average molecular weight is 324 g/mol. The second kappa shape index (κ2) is 7.01. The van der Waals surface area contributed by atoms with E-state index in [1.165, 1.54) is 0 Å². The van der Waals surface area contributed by atoms with Gasteiger partial charge in [0.15, 0.2) is 0 Å². The lowest BCUT2D eigenvalue weighted by Crippen LogP contribution is -2.26. The zero-order valence-corrected chi connectivity index (χ0v) is 13.0. The number of hydrogen-bond donors (Lipinski definition) is 0. The van der Waals surface area contributed by atoms with Crippen molar-refractivity contribution in [2.75, 3.05) is 6.54 Å². The van der Waals surface area contributed by atoms with E-state index in [1.807, 2.05) is 6.07 Å². The van der Waals surface area contributed by atoms with Crippen molar-refractivity contribution in [1.29, 1.82) is 5.26 Å². The van der Waals surface area contributed by atoms with Crippen LogP contribution in [0.25, 0.3) is 0 Å². The Morgan fingerprint density at radius 3 is 2.79 bits per heavy atom. The molecule has 1 fully saturated rings. The first kappa shape index (κ1) is 15.8. The lowest BCUT2D eigenvalue weighted by atomic mass is 10.1. The summed E-state index contributed by atoms with van der Waals surface area (Å²) in [5.41, 5.74) is 1.36.